The first kappa shape index (κ1) is 16.5. The molecule has 0 N–H and O–H groups in total. The van der Waals surface area contributed by atoms with E-state index >= 15 is 0 Å². The number of hydrogen-bond donors (Lipinski definition) is 0. The highest BCUT2D eigenvalue weighted by Crippen LogP contribution is 2.23. The van der Waals surface area contributed by atoms with Gasteiger partial charge in [0.05, 0.1) is 5.70 Å². The standard InChI is InChI=1S/C20H28N2/c1-5-18(4)22-14-13-17(3)19(16-22)15-21(6-2)20-11-9-7-8-10-12-20/h7-11H,1,6,12-16H2,2-4H3. The van der Waals surface area contributed by atoms with Gasteiger partial charge in [0.2, 0.25) is 0 Å². The van der Waals surface area contributed by atoms with Crippen molar-refractivity contribution in [3.05, 3.63) is 65.2 Å². The largest absolute Gasteiger partial charge is 0.371 e. The molecule has 0 saturated heterocycles. The molecule has 22 heavy (non-hydrogen) atoms. The van der Waals surface area contributed by atoms with Gasteiger partial charge in [-0.3, -0.25) is 0 Å². The van der Waals surface area contributed by atoms with Gasteiger partial charge < -0.3 is 9.80 Å². The van der Waals surface area contributed by atoms with E-state index in [0.717, 1.165) is 44.7 Å². The lowest BCUT2D eigenvalue weighted by Gasteiger charge is -2.35. The summed E-state index contributed by atoms with van der Waals surface area (Å²) in [7, 11) is 0. The number of rotatable bonds is 5. The molecule has 0 unspecified atom stereocenters. The van der Waals surface area contributed by atoms with Crippen LogP contribution in [0.25, 0.3) is 0 Å². The molecular weight excluding hydrogens is 268 g/mol. The minimum Gasteiger partial charge on any atom is -0.371 e. The zero-order valence-electron chi connectivity index (χ0n) is 14.2. The second-order valence-electron chi connectivity index (χ2n) is 6.01. The molecule has 2 nitrogen and oxygen atoms in total. The highest BCUT2D eigenvalue weighted by Gasteiger charge is 2.19. The summed E-state index contributed by atoms with van der Waals surface area (Å²) in [5.74, 6) is 0. The Kier molecular flexibility index (Phi) is 5.91. The fourth-order valence-corrected chi connectivity index (χ4v) is 2.95. The van der Waals surface area contributed by atoms with E-state index in [1.165, 1.54) is 5.70 Å². The number of allylic oxidation sites excluding steroid dienone is 6. The Morgan fingerprint density at radius 3 is 2.91 bits per heavy atom. The summed E-state index contributed by atoms with van der Waals surface area (Å²) in [6, 6.07) is 0. The van der Waals surface area contributed by atoms with Crippen molar-refractivity contribution >= 4 is 0 Å². The molecule has 0 spiro atoms. The maximum Gasteiger partial charge on any atom is 0.0529 e. The summed E-state index contributed by atoms with van der Waals surface area (Å²) in [6.07, 6.45) is 13.0. The predicted molar refractivity (Wildman–Crippen MR) is 95.4 cm³/mol. The minimum atomic E-state index is 1.01. The van der Waals surface area contributed by atoms with Gasteiger partial charge in [0.1, 0.15) is 0 Å². The van der Waals surface area contributed by atoms with Gasteiger partial charge in [-0.05, 0) is 38.8 Å². The molecule has 0 amide bonds. The SMILES string of the molecule is C=C=C(C)N1CCC(C)=C(CN(CC)C2=CC=CC=CC2)C1. The third-order valence-corrected chi connectivity index (χ3v) is 4.62. The van der Waals surface area contributed by atoms with Crippen molar-refractivity contribution in [3.8, 4) is 0 Å². The zero-order chi connectivity index (χ0) is 15.9. The van der Waals surface area contributed by atoms with E-state index in [2.05, 4.69) is 73.3 Å². The average molecular weight is 296 g/mol. The minimum absolute atomic E-state index is 1.01. The Bertz CT molecular complexity index is 569. The van der Waals surface area contributed by atoms with Crippen LogP contribution in [0.15, 0.2) is 65.2 Å². The molecule has 0 bridgehead atoms. The van der Waals surface area contributed by atoms with Crippen LogP contribution >= 0.6 is 0 Å². The highest BCUT2D eigenvalue weighted by atomic mass is 15.2. The summed E-state index contributed by atoms with van der Waals surface area (Å²) in [6.45, 7) is 14.6. The Morgan fingerprint density at radius 1 is 1.36 bits per heavy atom. The Morgan fingerprint density at radius 2 is 2.18 bits per heavy atom. The monoisotopic (exact) mass is 296 g/mol. The van der Waals surface area contributed by atoms with Gasteiger partial charge in [-0.2, -0.15) is 0 Å². The van der Waals surface area contributed by atoms with Gasteiger partial charge in [0.25, 0.3) is 0 Å². The van der Waals surface area contributed by atoms with Crippen molar-refractivity contribution in [1.82, 2.24) is 9.80 Å². The van der Waals surface area contributed by atoms with Crippen LogP contribution in [0, 0.1) is 0 Å². The second-order valence-corrected chi connectivity index (χ2v) is 6.01. The van der Waals surface area contributed by atoms with E-state index < -0.39 is 0 Å². The van der Waals surface area contributed by atoms with E-state index in [4.69, 9.17) is 0 Å². The molecule has 2 aliphatic rings. The topological polar surface area (TPSA) is 6.48 Å². The summed E-state index contributed by atoms with van der Waals surface area (Å²) in [4.78, 5) is 4.89. The van der Waals surface area contributed by atoms with Gasteiger partial charge >= 0.3 is 0 Å². The molecule has 0 saturated carbocycles. The summed E-state index contributed by atoms with van der Waals surface area (Å²) < 4.78 is 0. The quantitative estimate of drug-likeness (QED) is 0.547. The van der Waals surface area contributed by atoms with Gasteiger partial charge in [0.15, 0.2) is 0 Å². The third-order valence-electron chi connectivity index (χ3n) is 4.62. The molecule has 0 aromatic carbocycles. The molecule has 118 valence electrons. The van der Waals surface area contributed by atoms with Crippen LogP contribution in [0.3, 0.4) is 0 Å². The summed E-state index contributed by atoms with van der Waals surface area (Å²) in [5.41, 5.74) is 8.69. The molecule has 1 aliphatic carbocycles. The van der Waals surface area contributed by atoms with Gasteiger partial charge in [0, 0.05) is 38.3 Å². The Balaban J connectivity index is 2.12. The maximum absolute atomic E-state index is 3.79. The first-order valence-electron chi connectivity index (χ1n) is 8.22. The highest BCUT2D eigenvalue weighted by molar-refractivity contribution is 5.26. The van der Waals surface area contributed by atoms with Crippen molar-refractivity contribution in [2.24, 2.45) is 0 Å². The number of hydrogen-bond acceptors (Lipinski definition) is 2. The second kappa shape index (κ2) is 7.91. The average Bonchev–Trinajstić information content (AvgIpc) is 2.82. The van der Waals surface area contributed by atoms with Crippen molar-refractivity contribution in [2.45, 2.75) is 33.6 Å². The molecule has 0 fully saturated rings. The van der Waals surface area contributed by atoms with Crippen LogP contribution in [0.5, 0.6) is 0 Å². The van der Waals surface area contributed by atoms with Gasteiger partial charge in [-0.25, -0.2) is 0 Å². The summed E-state index contributed by atoms with van der Waals surface area (Å²) >= 11 is 0. The van der Waals surface area contributed by atoms with Crippen LogP contribution < -0.4 is 0 Å². The maximum atomic E-state index is 3.79. The van der Waals surface area contributed by atoms with E-state index in [0.29, 0.717) is 0 Å². The van der Waals surface area contributed by atoms with E-state index in [1.807, 2.05) is 0 Å². The molecule has 1 aliphatic heterocycles. The fourth-order valence-electron chi connectivity index (χ4n) is 2.95. The molecule has 0 aromatic rings. The Labute approximate surface area is 135 Å². The van der Waals surface area contributed by atoms with Crippen LogP contribution in [0.1, 0.15) is 33.6 Å². The first-order chi connectivity index (χ1) is 10.7. The molecule has 2 rings (SSSR count). The Hall–Kier alpha value is -1.92. The number of likely N-dealkylation sites (N-methyl/N-ethyl adjacent to an activating group) is 1. The van der Waals surface area contributed by atoms with Gasteiger partial charge in [-0.15, -0.1) is 5.73 Å². The van der Waals surface area contributed by atoms with Crippen LogP contribution in [0.4, 0.5) is 0 Å². The molecule has 0 aromatic heterocycles. The lowest BCUT2D eigenvalue weighted by Crippen LogP contribution is -2.35. The molecule has 0 atom stereocenters. The fraction of sp³-hybridized carbons (Fsp3) is 0.450. The van der Waals surface area contributed by atoms with Crippen LogP contribution in [-0.2, 0) is 0 Å². The van der Waals surface area contributed by atoms with Crippen molar-refractivity contribution < 1.29 is 0 Å². The first-order valence-corrected chi connectivity index (χ1v) is 8.22. The molecular formula is C20H28N2. The van der Waals surface area contributed by atoms with E-state index in [9.17, 15) is 0 Å². The molecule has 1 heterocycles. The lowest BCUT2D eigenvalue weighted by molar-refractivity contribution is 0.322. The predicted octanol–water partition coefficient (Wildman–Crippen LogP) is 4.42. The van der Waals surface area contributed by atoms with Crippen LogP contribution in [-0.4, -0.2) is 36.0 Å². The van der Waals surface area contributed by atoms with Gasteiger partial charge in [-0.1, -0.05) is 36.5 Å². The third kappa shape index (κ3) is 4.05. The van der Waals surface area contributed by atoms with Crippen molar-refractivity contribution in [3.63, 3.8) is 0 Å². The molecule has 2 heteroatoms. The zero-order valence-corrected chi connectivity index (χ0v) is 14.2. The van der Waals surface area contributed by atoms with E-state index in [-0.39, 0.29) is 0 Å². The molecule has 0 radical (unpaired) electrons. The normalized spacial score (nSPS) is 18.0. The van der Waals surface area contributed by atoms with Crippen molar-refractivity contribution in [1.29, 1.82) is 0 Å². The van der Waals surface area contributed by atoms with E-state index in [1.54, 1.807) is 11.1 Å². The summed E-state index contributed by atoms with van der Waals surface area (Å²) in [5, 5.41) is 0. The number of nitrogens with zero attached hydrogens (tertiary/aromatic N) is 2. The lowest BCUT2D eigenvalue weighted by atomic mass is 10.00. The van der Waals surface area contributed by atoms with Crippen molar-refractivity contribution in [2.75, 3.05) is 26.2 Å². The smallest absolute Gasteiger partial charge is 0.0529 e. The van der Waals surface area contributed by atoms with Crippen LogP contribution in [0.2, 0.25) is 0 Å².